The van der Waals surface area contributed by atoms with Gasteiger partial charge in [0, 0.05) is 31.0 Å². The lowest BCUT2D eigenvalue weighted by atomic mass is 10.1. The van der Waals surface area contributed by atoms with Crippen LogP contribution in [0.1, 0.15) is 18.9 Å². The van der Waals surface area contributed by atoms with E-state index in [9.17, 15) is 9.59 Å². The molecular weight excluding hydrogens is 400 g/mol. The Hall–Kier alpha value is -2.00. The van der Waals surface area contributed by atoms with E-state index < -0.39 is 0 Å². The van der Waals surface area contributed by atoms with Crippen LogP contribution in [0.25, 0.3) is 11.3 Å². The summed E-state index contributed by atoms with van der Waals surface area (Å²) in [6, 6.07) is 7.88. The maximum atomic E-state index is 12.2. The maximum Gasteiger partial charge on any atom is 0.245 e. The van der Waals surface area contributed by atoms with Crippen molar-refractivity contribution in [3.8, 4) is 11.3 Å². The first-order valence-corrected chi connectivity index (χ1v) is 9.91. The van der Waals surface area contributed by atoms with Crippen LogP contribution in [0, 0.1) is 0 Å². The van der Waals surface area contributed by atoms with E-state index in [0.717, 1.165) is 24.1 Å². The third kappa shape index (κ3) is 6.56. The maximum absolute atomic E-state index is 12.2. The topological polar surface area (TPSA) is 92.4 Å². The number of aryl methyl sites for hydroxylation is 1. The lowest BCUT2D eigenvalue weighted by Crippen LogP contribution is -2.48. The summed E-state index contributed by atoms with van der Waals surface area (Å²) >= 11 is 1.41. The van der Waals surface area contributed by atoms with Gasteiger partial charge < -0.3 is 20.7 Å². The number of rotatable bonds is 7. The summed E-state index contributed by atoms with van der Waals surface area (Å²) in [5.41, 5.74) is 3.07. The van der Waals surface area contributed by atoms with Crippen molar-refractivity contribution in [2.75, 3.05) is 31.6 Å². The molecule has 0 spiro atoms. The summed E-state index contributed by atoms with van der Waals surface area (Å²) in [4.78, 5) is 27.6. The van der Waals surface area contributed by atoms with Crippen LogP contribution in [0.3, 0.4) is 0 Å². The molecule has 1 saturated heterocycles. The van der Waals surface area contributed by atoms with Gasteiger partial charge in [0.05, 0.1) is 18.9 Å². The van der Waals surface area contributed by atoms with E-state index in [0.29, 0.717) is 31.4 Å². The number of amides is 2. The molecule has 1 fully saturated rings. The average molecular weight is 425 g/mol. The van der Waals surface area contributed by atoms with E-state index in [1.807, 2.05) is 17.5 Å². The molecule has 2 heterocycles. The van der Waals surface area contributed by atoms with Crippen molar-refractivity contribution in [1.82, 2.24) is 15.6 Å². The molecule has 1 aromatic carbocycles. The number of aromatic nitrogens is 1. The molecule has 0 aliphatic carbocycles. The molecule has 0 saturated carbocycles. The molecule has 1 aliphatic rings. The first kappa shape index (κ1) is 22.3. The summed E-state index contributed by atoms with van der Waals surface area (Å²) in [5, 5.41) is 11.3. The molecule has 2 amide bonds. The van der Waals surface area contributed by atoms with Crippen molar-refractivity contribution < 1.29 is 14.3 Å². The van der Waals surface area contributed by atoms with Gasteiger partial charge in [-0.05, 0) is 18.4 Å². The zero-order valence-electron chi connectivity index (χ0n) is 15.7. The van der Waals surface area contributed by atoms with Crippen molar-refractivity contribution in [2.24, 2.45) is 0 Å². The minimum atomic E-state index is -0.331. The van der Waals surface area contributed by atoms with Crippen LogP contribution in [0.5, 0.6) is 0 Å². The van der Waals surface area contributed by atoms with Gasteiger partial charge in [0.1, 0.15) is 6.04 Å². The molecule has 1 aliphatic heterocycles. The molecule has 1 atom stereocenters. The molecule has 0 bridgehead atoms. The number of halogens is 1. The third-order valence-corrected chi connectivity index (χ3v) is 5.00. The summed E-state index contributed by atoms with van der Waals surface area (Å²) in [6.45, 7) is 3.91. The van der Waals surface area contributed by atoms with Gasteiger partial charge in [-0.15, -0.1) is 23.7 Å². The summed E-state index contributed by atoms with van der Waals surface area (Å²) < 4.78 is 5.31. The van der Waals surface area contributed by atoms with Crippen LogP contribution < -0.4 is 16.0 Å². The Labute approximate surface area is 174 Å². The molecule has 28 heavy (non-hydrogen) atoms. The van der Waals surface area contributed by atoms with E-state index in [1.54, 1.807) is 0 Å². The van der Waals surface area contributed by atoms with Crippen molar-refractivity contribution >= 4 is 40.7 Å². The molecule has 0 radical (unpaired) electrons. The van der Waals surface area contributed by atoms with E-state index in [4.69, 9.17) is 4.74 Å². The highest BCUT2D eigenvalue weighted by Gasteiger charge is 2.22. The van der Waals surface area contributed by atoms with Crippen LogP contribution in [0.15, 0.2) is 29.6 Å². The molecule has 2 aromatic rings. The molecule has 9 heteroatoms. The van der Waals surface area contributed by atoms with Gasteiger partial charge in [-0.3, -0.25) is 9.59 Å². The second-order valence-electron chi connectivity index (χ2n) is 6.39. The molecular formula is C19H25ClN4O3S. The Balaban J connectivity index is 0.00000280. The first-order chi connectivity index (χ1) is 13.1. The van der Waals surface area contributed by atoms with Crippen molar-refractivity contribution in [2.45, 2.75) is 25.8 Å². The lowest BCUT2D eigenvalue weighted by molar-refractivity contribution is -0.121. The first-order valence-electron chi connectivity index (χ1n) is 9.03. The van der Waals surface area contributed by atoms with Gasteiger partial charge in [-0.1, -0.05) is 24.3 Å². The molecule has 3 rings (SSSR count). The predicted molar refractivity (Wildman–Crippen MR) is 113 cm³/mol. The number of ether oxygens (including phenoxy) is 1. The molecule has 1 aromatic heterocycles. The van der Waals surface area contributed by atoms with Crippen molar-refractivity contribution in [3.63, 3.8) is 0 Å². The fraction of sp³-hybridized carbons (Fsp3) is 0.421. The number of carbonyl (C=O) groups excluding carboxylic acids is 2. The minimum Gasteiger partial charge on any atom is -0.378 e. The summed E-state index contributed by atoms with van der Waals surface area (Å²) in [6.07, 6.45) is 1.82. The Morgan fingerprint density at radius 3 is 2.79 bits per heavy atom. The van der Waals surface area contributed by atoms with E-state index in [-0.39, 0.29) is 30.3 Å². The van der Waals surface area contributed by atoms with Gasteiger partial charge in [0.2, 0.25) is 11.8 Å². The molecule has 3 N–H and O–H groups in total. The second kappa shape index (κ2) is 11.1. The van der Waals surface area contributed by atoms with Gasteiger partial charge in [-0.2, -0.15) is 0 Å². The smallest absolute Gasteiger partial charge is 0.245 e. The number of thiazole rings is 1. The second-order valence-corrected chi connectivity index (χ2v) is 7.25. The minimum absolute atomic E-state index is 0. The van der Waals surface area contributed by atoms with Gasteiger partial charge in [0.25, 0.3) is 0 Å². The van der Waals surface area contributed by atoms with Crippen molar-refractivity contribution in [3.05, 3.63) is 35.2 Å². The highest BCUT2D eigenvalue weighted by atomic mass is 35.5. The highest BCUT2D eigenvalue weighted by Crippen LogP contribution is 2.25. The SMILES string of the molecule is CC(=O)NCCCc1ccc(-c2csc(NC(=O)C3COCCN3)n2)cc1.Cl. The highest BCUT2D eigenvalue weighted by molar-refractivity contribution is 7.14. The lowest BCUT2D eigenvalue weighted by Gasteiger charge is -2.22. The Morgan fingerprint density at radius 1 is 1.32 bits per heavy atom. The predicted octanol–water partition coefficient (Wildman–Crippen LogP) is 2.23. The number of morpholine rings is 1. The van der Waals surface area contributed by atoms with Gasteiger partial charge in [-0.25, -0.2) is 4.98 Å². The van der Waals surface area contributed by atoms with E-state index in [2.05, 4.69) is 33.1 Å². The largest absolute Gasteiger partial charge is 0.378 e. The zero-order chi connectivity index (χ0) is 19.1. The van der Waals surface area contributed by atoms with Crippen LogP contribution in [-0.4, -0.2) is 49.1 Å². The van der Waals surface area contributed by atoms with Crippen LogP contribution >= 0.6 is 23.7 Å². The zero-order valence-corrected chi connectivity index (χ0v) is 17.3. The Kier molecular flexibility index (Phi) is 8.85. The summed E-state index contributed by atoms with van der Waals surface area (Å²) in [7, 11) is 0. The number of nitrogens with zero attached hydrogens (tertiary/aromatic N) is 1. The normalized spacial score (nSPS) is 16.1. The molecule has 1 unspecified atom stereocenters. The van der Waals surface area contributed by atoms with Crippen LogP contribution in [-0.2, 0) is 20.7 Å². The number of anilines is 1. The third-order valence-electron chi connectivity index (χ3n) is 4.24. The van der Waals surface area contributed by atoms with Crippen LogP contribution in [0.2, 0.25) is 0 Å². The monoisotopic (exact) mass is 424 g/mol. The average Bonchev–Trinajstić information content (AvgIpc) is 3.15. The number of hydrogen-bond donors (Lipinski definition) is 3. The fourth-order valence-corrected chi connectivity index (χ4v) is 3.51. The van der Waals surface area contributed by atoms with E-state index >= 15 is 0 Å². The van der Waals surface area contributed by atoms with E-state index in [1.165, 1.54) is 23.8 Å². The quantitative estimate of drug-likeness (QED) is 0.593. The standard InChI is InChI=1S/C19H24N4O3S.ClH/c1-13(24)20-8-2-3-14-4-6-15(7-5-14)17-12-27-19(22-17)23-18(25)16-11-26-10-9-21-16;/h4-7,12,16,21H,2-3,8-11H2,1H3,(H,20,24)(H,22,23,25);1H. The Bertz CT molecular complexity index is 776. The summed E-state index contributed by atoms with van der Waals surface area (Å²) in [5.74, 6) is -0.117. The van der Waals surface area contributed by atoms with Crippen LogP contribution in [0.4, 0.5) is 5.13 Å². The number of hydrogen-bond acceptors (Lipinski definition) is 6. The van der Waals surface area contributed by atoms with Gasteiger partial charge in [0.15, 0.2) is 5.13 Å². The Morgan fingerprint density at radius 2 is 2.11 bits per heavy atom. The number of carbonyl (C=O) groups is 2. The molecule has 7 nitrogen and oxygen atoms in total. The fourth-order valence-electron chi connectivity index (χ4n) is 2.79. The number of nitrogens with one attached hydrogen (secondary N) is 3. The van der Waals surface area contributed by atoms with Gasteiger partial charge >= 0.3 is 0 Å². The van der Waals surface area contributed by atoms with Crippen molar-refractivity contribution in [1.29, 1.82) is 0 Å². The molecule has 152 valence electrons. The number of benzene rings is 1.